The maximum absolute atomic E-state index is 13.7. The van der Waals surface area contributed by atoms with Crippen LogP contribution >= 0.6 is 0 Å². The number of aromatic nitrogens is 1. The molecule has 0 spiro atoms. The Bertz CT molecular complexity index is 643. The standard InChI is InChI=1S/C20H31F3N2O3/c1-4-5-12-28-19(26)24-9-6-8-16(14-24)18-17(20(21,22)23)13-15(2)25(18)10-7-11-27-3/h13,16H,4-12,14H2,1-3H3/t16-/m1/s1. The Morgan fingerprint density at radius 3 is 2.68 bits per heavy atom. The van der Waals surface area contributed by atoms with Gasteiger partial charge in [-0.15, -0.1) is 0 Å². The lowest BCUT2D eigenvalue weighted by atomic mass is 9.92. The molecule has 160 valence electrons. The number of ether oxygens (including phenoxy) is 2. The van der Waals surface area contributed by atoms with Gasteiger partial charge in [0.05, 0.1) is 12.2 Å². The molecule has 0 aromatic carbocycles. The van der Waals surface area contributed by atoms with E-state index in [9.17, 15) is 18.0 Å². The predicted octanol–water partition coefficient (Wildman–Crippen LogP) is 4.97. The Balaban J connectivity index is 2.24. The van der Waals surface area contributed by atoms with E-state index < -0.39 is 17.8 Å². The highest BCUT2D eigenvalue weighted by atomic mass is 19.4. The number of hydrogen-bond donors (Lipinski definition) is 0. The van der Waals surface area contributed by atoms with E-state index >= 15 is 0 Å². The average molecular weight is 404 g/mol. The smallest absolute Gasteiger partial charge is 0.418 e. The molecule has 0 radical (unpaired) electrons. The quantitative estimate of drug-likeness (QED) is 0.575. The van der Waals surface area contributed by atoms with Crippen molar-refractivity contribution < 1.29 is 27.4 Å². The molecule has 2 heterocycles. The lowest BCUT2D eigenvalue weighted by molar-refractivity contribution is -0.138. The number of alkyl halides is 3. The molecule has 1 atom stereocenters. The zero-order valence-electron chi connectivity index (χ0n) is 17.0. The van der Waals surface area contributed by atoms with Gasteiger partial charge in [0.25, 0.3) is 0 Å². The molecule has 0 N–H and O–H groups in total. The minimum Gasteiger partial charge on any atom is -0.449 e. The SMILES string of the molecule is CCCCOC(=O)N1CCC[C@@H](c2c(C(F)(F)F)cc(C)n2CCCOC)C1. The summed E-state index contributed by atoms with van der Waals surface area (Å²) in [5.74, 6) is -0.361. The average Bonchev–Trinajstić information content (AvgIpc) is 2.99. The number of nitrogens with zero attached hydrogens (tertiary/aromatic N) is 2. The first-order valence-electron chi connectivity index (χ1n) is 9.97. The number of hydrogen-bond acceptors (Lipinski definition) is 3. The van der Waals surface area contributed by atoms with Gasteiger partial charge >= 0.3 is 12.3 Å². The molecule has 0 bridgehead atoms. The molecule has 8 heteroatoms. The van der Waals surface area contributed by atoms with Crippen molar-refractivity contribution in [3.8, 4) is 0 Å². The Morgan fingerprint density at radius 2 is 2.04 bits per heavy atom. The number of piperidine rings is 1. The van der Waals surface area contributed by atoms with Gasteiger partial charge in [-0.2, -0.15) is 13.2 Å². The molecule has 1 saturated heterocycles. The first-order valence-corrected chi connectivity index (χ1v) is 9.97. The summed E-state index contributed by atoms with van der Waals surface area (Å²) in [5.41, 5.74) is 0.279. The highest BCUT2D eigenvalue weighted by molar-refractivity contribution is 5.67. The molecule has 2 rings (SSSR count). The van der Waals surface area contributed by atoms with Gasteiger partial charge in [-0.05, 0) is 38.7 Å². The first-order chi connectivity index (χ1) is 13.3. The molecule has 28 heavy (non-hydrogen) atoms. The fourth-order valence-electron chi connectivity index (χ4n) is 3.79. The highest BCUT2D eigenvalue weighted by Gasteiger charge is 2.40. The summed E-state index contributed by atoms with van der Waals surface area (Å²) in [5, 5.41) is 0. The topological polar surface area (TPSA) is 43.7 Å². The monoisotopic (exact) mass is 404 g/mol. The number of carbonyl (C=O) groups is 1. The van der Waals surface area contributed by atoms with Crippen molar-refractivity contribution in [2.75, 3.05) is 33.4 Å². The first kappa shape index (κ1) is 22.6. The molecular formula is C20H31F3N2O3. The molecule has 1 aromatic heterocycles. The normalized spacial score (nSPS) is 17.8. The number of aryl methyl sites for hydroxylation is 1. The number of carbonyl (C=O) groups excluding carboxylic acids is 1. The molecular weight excluding hydrogens is 373 g/mol. The minimum atomic E-state index is -4.42. The van der Waals surface area contributed by atoms with Gasteiger partial charge in [0.15, 0.2) is 0 Å². The van der Waals surface area contributed by atoms with Crippen LogP contribution in [0.1, 0.15) is 61.9 Å². The van der Waals surface area contributed by atoms with E-state index in [1.54, 1.807) is 23.5 Å². The number of likely N-dealkylation sites (tertiary alicyclic amines) is 1. The maximum atomic E-state index is 13.7. The van der Waals surface area contributed by atoms with Crippen molar-refractivity contribution in [3.05, 3.63) is 23.0 Å². The minimum absolute atomic E-state index is 0.252. The second-order valence-electron chi connectivity index (χ2n) is 7.33. The summed E-state index contributed by atoms with van der Waals surface area (Å²) in [7, 11) is 1.58. The maximum Gasteiger partial charge on any atom is 0.418 e. The molecule has 0 saturated carbocycles. The largest absolute Gasteiger partial charge is 0.449 e. The molecule has 5 nitrogen and oxygen atoms in total. The van der Waals surface area contributed by atoms with Crippen molar-refractivity contribution in [1.82, 2.24) is 9.47 Å². The van der Waals surface area contributed by atoms with Gasteiger partial charge < -0.3 is 18.9 Å². The van der Waals surface area contributed by atoms with Crippen LogP contribution in [0.3, 0.4) is 0 Å². The van der Waals surface area contributed by atoms with E-state index in [4.69, 9.17) is 9.47 Å². The number of rotatable bonds is 8. The Kier molecular flexibility index (Phi) is 8.22. The van der Waals surface area contributed by atoms with E-state index in [1.165, 1.54) is 6.07 Å². The van der Waals surface area contributed by atoms with Gasteiger partial charge in [0.2, 0.25) is 0 Å². The van der Waals surface area contributed by atoms with Crippen molar-refractivity contribution >= 4 is 6.09 Å². The Hall–Kier alpha value is -1.70. The van der Waals surface area contributed by atoms with Crippen LogP contribution in [-0.4, -0.2) is 49.0 Å². The van der Waals surface area contributed by atoms with Crippen LogP contribution in [0.4, 0.5) is 18.0 Å². The van der Waals surface area contributed by atoms with Crippen LogP contribution in [0.5, 0.6) is 0 Å². The van der Waals surface area contributed by atoms with Crippen molar-refractivity contribution in [2.45, 2.75) is 64.6 Å². The zero-order chi connectivity index (χ0) is 20.7. The highest BCUT2D eigenvalue weighted by Crippen LogP contribution is 2.40. The lowest BCUT2D eigenvalue weighted by Gasteiger charge is -2.33. The summed E-state index contributed by atoms with van der Waals surface area (Å²) >= 11 is 0. The fourth-order valence-corrected chi connectivity index (χ4v) is 3.79. The summed E-state index contributed by atoms with van der Waals surface area (Å²) in [6.07, 6.45) is -1.24. The van der Waals surface area contributed by atoms with Crippen molar-refractivity contribution in [1.29, 1.82) is 0 Å². The van der Waals surface area contributed by atoms with Crippen LogP contribution < -0.4 is 0 Å². The number of halogens is 3. The van der Waals surface area contributed by atoms with Crippen molar-refractivity contribution in [3.63, 3.8) is 0 Å². The number of methoxy groups -OCH3 is 1. The van der Waals surface area contributed by atoms with E-state index in [0.717, 1.165) is 12.8 Å². The summed E-state index contributed by atoms with van der Waals surface area (Å²) in [6.45, 7) is 5.76. The van der Waals surface area contributed by atoms with Crippen LogP contribution in [0.2, 0.25) is 0 Å². The Morgan fingerprint density at radius 1 is 1.29 bits per heavy atom. The molecule has 1 amide bonds. The van der Waals surface area contributed by atoms with E-state index in [-0.39, 0.29) is 18.2 Å². The van der Waals surface area contributed by atoms with Gasteiger partial charge in [-0.25, -0.2) is 4.79 Å². The molecule has 1 fully saturated rings. The molecule has 0 aliphatic carbocycles. The summed E-state index contributed by atoms with van der Waals surface area (Å²) in [4.78, 5) is 13.8. The predicted molar refractivity (Wildman–Crippen MR) is 100 cm³/mol. The second kappa shape index (κ2) is 10.2. The van der Waals surface area contributed by atoms with Crippen LogP contribution in [0.25, 0.3) is 0 Å². The van der Waals surface area contributed by atoms with Crippen LogP contribution in [-0.2, 0) is 22.2 Å². The van der Waals surface area contributed by atoms with E-state index in [2.05, 4.69) is 0 Å². The fraction of sp³-hybridized carbons (Fsp3) is 0.750. The third-order valence-electron chi connectivity index (χ3n) is 5.17. The zero-order valence-corrected chi connectivity index (χ0v) is 17.0. The van der Waals surface area contributed by atoms with Crippen LogP contribution in [0, 0.1) is 6.92 Å². The lowest BCUT2D eigenvalue weighted by Crippen LogP contribution is -2.40. The third-order valence-corrected chi connectivity index (χ3v) is 5.17. The summed E-state index contributed by atoms with van der Waals surface area (Å²) < 4.78 is 53.2. The van der Waals surface area contributed by atoms with E-state index in [1.807, 2.05) is 6.92 Å². The van der Waals surface area contributed by atoms with Crippen molar-refractivity contribution in [2.24, 2.45) is 0 Å². The Labute approximate surface area is 164 Å². The van der Waals surface area contributed by atoms with Gasteiger partial charge in [-0.3, -0.25) is 0 Å². The molecule has 1 aromatic rings. The van der Waals surface area contributed by atoms with Gasteiger partial charge in [0.1, 0.15) is 0 Å². The molecule has 1 aliphatic heterocycles. The van der Waals surface area contributed by atoms with Gasteiger partial charge in [-0.1, -0.05) is 13.3 Å². The molecule has 1 aliphatic rings. The second-order valence-corrected chi connectivity index (χ2v) is 7.33. The number of amides is 1. The third kappa shape index (κ3) is 5.65. The van der Waals surface area contributed by atoms with Gasteiger partial charge in [0, 0.05) is 50.7 Å². The van der Waals surface area contributed by atoms with E-state index in [0.29, 0.717) is 51.3 Å². The van der Waals surface area contributed by atoms with Crippen LogP contribution in [0.15, 0.2) is 6.07 Å². The number of unbranched alkanes of at least 4 members (excludes halogenated alkanes) is 1. The summed E-state index contributed by atoms with van der Waals surface area (Å²) in [6, 6.07) is 1.22. The molecule has 0 unspecified atom stereocenters.